The van der Waals surface area contributed by atoms with E-state index >= 15 is 0 Å². The molecule has 1 amide bonds. The quantitative estimate of drug-likeness (QED) is 0.841. The summed E-state index contributed by atoms with van der Waals surface area (Å²) in [6.45, 7) is 6.40. The maximum Gasteiger partial charge on any atom is 0.416 e. The summed E-state index contributed by atoms with van der Waals surface area (Å²) in [6, 6.07) is 2.37. The molecule has 1 N–H and O–H groups in total. The number of amides is 1. The van der Waals surface area contributed by atoms with E-state index in [0.717, 1.165) is 12.1 Å². The average Bonchev–Trinajstić information content (AvgIpc) is 2.35. The van der Waals surface area contributed by atoms with E-state index < -0.39 is 35.0 Å². The lowest BCUT2D eigenvalue weighted by Gasteiger charge is -2.20. The summed E-state index contributed by atoms with van der Waals surface area (Å²) in [6.07, 6.45) is -5.51. The Bertz CT molecular complexity index is 591. The van der Waals surface area contributed by atoms with Crippen LogP contribution in [0.3, 0.4) is 0 Å². The molecule has 0 bridgehead atoms. The van der Waals surface area contributed by atoms with Gasteiger partial charge in [-0.05, 0) is 45.9 Å². The number of rotatable bonds is 3. The smallest absolute Gasteiger partial charge is 0.416 e. The molecule has 0 radical (unpaired) electrons. The van der Waals surface area contributed by atoms with E-state index in [1.54, 1.807) is 20.8 Å². The maximum atomic E-state index is 12.8. The zero-order valence-electron chi connectivity index (χ0n) is 13.2. The van der Waals surface area contributed by atoms with E-state index in [-0.39, 0.29) is 12.3 Å². The van der Waals surface area contributed by atoms with Crippen molar-refractivity contribution in [1.29, 1.82) is 0 Å². The fraction of sp³-hybridized carbons (Fsp3) is 0.467. The second kappa shape index (κ2) is 6.89. The maximum absolute atomic E-state index is 12.8. The van der Waals surface area contributed by atoms with Gasteiger partial charge < -0.3 is 9.47 Å². The molecule has 1 aromatic carbocycles. The van der Waals surface area contributed by atoms with Crippen molar-refractivity contribution in [3.63, 3.8) is 0 Å². The molecular weight excluding hydrogens is 315 g/mol. The van der Waals surface area contributed by atoms with Crippen LogP contribution in [0.4, 0.5) is 23.7 Å². The van der Waals surface area contributed by atoms with Gasteiger partial charge in [-0.25, -0.2) is 9.59 Å². The van der Waals surface area contributed by atoms with Gasteiger partial charge in [0.1, 0.15) is 5.60 Å². The first-order valence-electron chi connectivity index (χ1n) is 6.82. The van der Waals surface area contributed by atoms with Crippen LogP contribution in [0.1, 0.15) is 43.6 Å². The number of alkyl halides is 3. The summed E-state index contributed by atoms with van der Waals surface area (Å²) in [5.74, 6) is -0.968. The highest BCUT2D eigenvalue weighted by molar-refractivity contribution is 6.00. The van der Waals surface area contributed by atoms with Crippen molar-refractivity contribution in [1.82, 2.24) is 0 Å². The third-order valence-corrected chi connectivity index (χ3v) is 2.48. The van der Waals surface area contributed by atoms with Crippen molar-refractivity contribution in [3.8, 4) is 0 Å². The van der Waals surface area contributed by atoms with Crippen molar-refractivity contribution in [2.45, 2.75) is 39.5 Å². The van der Waals surface area contributed by atoms with Crippen molar-refractivity contribution < 1.29 is 32.2 Å². The van der Waals surface area contributed by atoms with E-state index in [0.29, 0.717) is 6.07 Å². The molecule has 0 fully saturated rings. The first-order valence-corrected chi connectivity index (χ1v) is 6.82. The largest absolute Gasteiger partial charge is 0.462 e. The number of anilines is 1. The summed E-state index contributed by atoms with van der Waals surface area (Å²) in [5.41, 5.74) is -2.33. The molecule has 0 spiro atoms. The Morgan fingerprint density at radius 1 is 1.17 bits per heavy atom. The number of halogens is 3. The molecule has 0 saturated heterocycles. The minimum Gasteiger partial charge on any atom is -0.462 e. The topological polar surface area (TPSA) is 64.6 Å². The molecule has 23 heavy (non-hydrogen) atoms. The normalized spacial score (nSPS) is 11.8. The number of carbonyl (C=O) groups is 2. The number of nitrogens with one attached hydrogen (secondary N) is 1. The standard InChI is InChI=1S/C15H18F3NO4/c1-5-22-12(20)10-8-9(15(16,17)18)6-7-11(10)19-13(21)23-14(2,3)4/h6-8H,5H2,1-4H3,(H,19,21). The first kappa shape index (κ1) is 18.8. The molecule has 0 heterocycles. The van der Waals surface area contributed by atoms with Gasteiger partial charge in [0.2, 0.25) is 0 Å². The zero-order valence-corrected chi connectivity index (χ0v) is 13.2. The highest BCUT2D eigenvalue weighted by atomic mass is 19.4. The van der Waals surface area contributed by atoms with Gasteiger partial charge in [0, 0.05) is 0 Å². The van der Waals surface area contributed by atoms with E-state index in [4.69, 9.17) is 9.47 Å². The van der Waals surface area contributed by atoms with E-state index in [9.17, 15) is 22.8 Å². The second-order valence-corrected chi connectivity index (χ2v) is 5.61. The molecule has 0 aliphatic carbocycles. The number of carbonyl (C=O) groups excluding carboxylic acids is 2. The predicted molar refractivity (Wildman–Crippen MR) is 77.3 cm³/mol. The summed E-state index contributed by atoms with van der Waals surface area (Å²) < 4.78 is 48.0. The Kier molecular flexibility index (Phi) is 5.63. The lowest BCUT2D eigenvalue weighted by atomic mass is 10.1. The molecule has 1 aromatic rings. The van der Waals surface area contributed by atoms with Gasteiger partial charge in [-0.3, -0.25) is 5.32 Å². The van der Waals surface area contributed by atoms with E-state index in [1.807, 2.05) is 0 Å². The summed E-state index contributed by atoms with van der Waals surface area (Å²) in [4.78, 5) is 23.6. The van der Waals surface area contributed by atoms with Crippen LogP contribution < -0.4 is 5.32 Å². The third kappa shape index (κ3) is 5.80. The van der Waals surface area contributed by atoms with Crippen LogP contribution >= 0.6 is 0 Å². The van der Waals surface area contributed by atoms with Crippen LogP contribution in [0.5, 0.6) is 0 Å². The van der Waals surface area contributed by atoms with Gasteiger partial charge in [0.05, 0.1) is 23.4 Å². The minimum absolute atomic E-state index is 0.0129. The van der Waals surface area contributed by atoms with E-state index in [2.05, 4.69) is 5.32 Å². The molecule has 0 saturated carbocycles. The van der Waals surface area contributed by atoms with Gasteiger partial charge in [-0.15, -0.1) is 0 Å². The average molecular weight is 333 g/mol. The molecule has 128 valence electrons. The van der Waals surface area contributed by atoms with Crippen LogP contribution in [0.15, 0.2) is 18.2 Å². The molecule has 1 rings (SSSR count). The SMILES string of the molecule is CCOC(=O)c1cc(C(F)(F)F)ccc1NC(=O)OC(C)(C)C. The fourth-order valence-electron chi connectivity index (χ4n) is 1.62. The summed E-state index contributed by atoms with van der Waals surface area (Å²) >= 11 is 0. The Morgan fingerprint density at radius 3 is 2.26 bits per heavy atom. The Morgan fingerprint density at radius 2 is 1.78 bits per heavy atom. The van der Waals surface area contributed by atoms with Gasteiger partial charge in [-0.2, -0.15) is 13.2 Å². The highest BCUT2D eigenvalue weighted by Gasteiger charge is 2.32. The summed E-state index contributed by atoms with van der Waals surface area (Å²) in [5, 5.41) is 2.26. The number of benzene rings is 1. The third-order valence-electron chi connectivity index (χ3n) is 2.48. The van der Waals surface area contributed by atoms with E-state index in [1.165, 1.54) is 6.92 Å². The lowest BCUT2D eigenvalue weighted by molar-refractivity contribution is -0.137. The molecule has 0 aromatic heterocycles. The molecule has 0 unspecified atom stereocenters. The number of esters is 1. The Balaban J connectivity index is 3.15. The van der Waals surface area contributed by atoms with Crippen LogP contribution in [-0.2, 0) is 15.7 Å². The second-order valence-electron chi connectivity index (χ2n) is 5.61. The molecule has 0 atom stereocenters. The van der Waals surface area contributed by atoms with Crippen LogP contribution in [0.2, 0.25) is 0 Å². The Hall–Kier alpha value is -2.25. The van der Waals surface area contributed by atoms with Gasteiger partial charge in [-0.1, -0.05) is 0 Å². The zero-order chi connectivity index (χ0) is 17.8. The highest BCUT2D eigenvalue weighted by Crippen LogP contribution is 2.32. The predicted octanol–water partition coefficient (Wildman–Crippen LogP) is 4.23. The Labute approximate surface area is 131 Å². The van der Waals surface area contributed by atoms with Crippen molar-refractivity contribution in [2.24, 2.45) is 0 Å². The van der Waals surface area contributed by atoms with Gasteiger partial charge in [0.15, 0.2) is 0 Å². The molecular formula is C15H18F3NO4. The molecule has 8 heteroatoms. The van der Waals surface area contributed by atoms with Crippen molar-refractivity contribution >= 4 is 17.7 Å². The van der Waals surface area contributed by atoms with Crippen LogP contribution in [0.25, 0.3) is 0 Å². The van der Waals surface area contributed by atoms with Gasteiger partial charge >= 0.3 is 18.2 Å². The number of hydrogen-bond acceptors (Lipinski definition) is 4. The lowest BCUT2D eigenvalue weighted by Crippen LogP contribution is -2.28. The van der Waals surface area contributed by atoms with Crippen LogP contribution in [-0.4, -0.2) is 24.3 Å². The molecule has 0 aliphatic rings. The van der Waals surface area contributed by atoms with Crippen LogP contribution in [0, 0.1) is 0 Å². The summed E-state index contributed by atoms with van der Waals surface area (Å²) in [7, 11) is 0. The number of hydrogen-bond donors (Lipinski definition) is 1. The number of ether oxygens (including phenoxy) is 2. The van der Waals surface area contributed by atoms with Gasteiger partial charge in [0.25, 0.3) is 0 Å². The molecule has 0 aliphatic heterocycles. The van der Waals surface area contributed by atoms with Crippen molar-refractivity contribution in [2.75, 3.05) is 11.9 Å². The monoisotopic (exact) mass is 333 g/mol. The minimum atomic E-state index is -4.62. The fourth-order valence-corrected chi connectivity index (χ4v) is 1.62. The van der Waals surface area contributed by atoms with Crippen molar-refractivity contribution in [3.05, 3.63) is 29.3 Å². The first-order chi connectivity index (χ1) is 10.4. The molecule has 5 nitrogen and oxygen atoms in total.